The first-order chi connectivity index (χ1) is 8.10. The smallest absolute Gasteiger partial charge is 0.350 e. The van der Waals surface area contributed by atoms with Crippen molar-refractivity contribution in [2.75, 3.05) is 20.0 Å². The number of nitrogen functional groups attached to an aromatic ring is 1. The van der Waals surface area contributed by atoms with Crippen LogP contribution in [0.4, 0.5) is 10.1 Å². The van der Waals surface area contributed by atoms with E-state index < -0.39 is 11.8 Å². The predicted molar refractivity (Wildman–Crippen MR) is 64.1 cm³/mol. The van der Waals surface area contributed by atoms with Crippen LogP contribution in [0.5, 0.6) is 5.75 Å². The van der Waals surface area contributed by atoms with E-state index in [-0.39, 0.29) is 10.6 Å². The second kappa shape index (κ2) is 4.21. The molecular weight excluding hydrogens is 245 g/mol. The predicted octanol–water partition coefficient (Wildman–Crippen LogP) is 2.42. The van der Waals surface area contributed by atoms with E-state index in [9.17, 15) is 9.18 Å². The third-order valence-corrected chi connectivity index (χ3v) is 3.57. The Morgan fingerprint density at radius 2 is 2.12 bits per heavy atom. The minimum absolute atomic E-state index is 0.186. The van der Waals surface area contributed by atoms with Crippen LogP contribution in [-0.2, 0) is 4.74 Å². The molecule has 0 spiro atoms. The number of benzene rings is 1. The number of rotatable bonds is 2. The third-order valence-electron chi connectivity index (χ3n) is 2.38. The number of thiophene rings is 1. The molecule has 0 atom stereocenters. The summed E-state index contributed by atoms with van der Waals surface area (Å²) in [4.78, 5) is 11.6. The van der Waals surface area contributed by atoms with Crippen LogP contribution in [0.25, 0.3) is 10.1 Å². The molecule has 1 aromatic heterocycles. The number of methoxy groups -OCH3 is 2. The van der Waals surface area contributed by atoms with Gasteiger partial charge in [0, 0.05) is 0 Å². The van der Waals surface area contributed by atoms with Gasteiger partial charge in [-0.1, -0.05) is 0 Å². The molecule has 0 radical (unpaired) electrons. The summed E-state index contributed by atoms with van der Waals surface area (Å²) in [5.41, 5.74) is 6.01. The van der Waals surface area contributed by atoms with Crippen LogP contribution in [0.1, 0.15) is 9.67 Å². The van der Waals surface area contributed by atoms with Crippen LogP contribution in [0, 0.1) is 5.82 Å². The van der Waals surface area contributed by atoms with Crippen LogP contribution in [-0.4, -0.2) is 20.2 Å². The molecule has 0 saturated carbocycles. The highest BCUT2D eigenvalue weighted by molar-refractivity contribution is 7.21. The lowest BCUT2D eigenvalue weighted by Crippen LogP contribution is -2.01. The Bertz CT molecular complexity index is 594. The zero-order valence-electron chi connectivity index (χ0n) is 9.24. The maximum absolute atomic E-state index is 13.6. The van der Waals surface area contributed by atoms with E-state index in [4.69, 9.17) is 10.5 Å². The fourth-order valence-corrected chi connectivity index (χ4v) is 2.64. The number of hydrogen-bond donors (Lipinski definition) is 1. The molecule has 2 rings (SSSR count). The van der Waals surface area contributed by atoms with Gasteiger partial charge in [0.1, 0.15) is 16.4 Å². The van der Waals surface area contributed by atoms with Crippen molar-refractivity contribution in [3.8, 4) is 5.75 Å². The van der Waals surface area contributed by atoms with Crippen molar-refractivity contribution in [2.45, 2.75) is 0 Å². The summed E-state index contributed by atoms with van der Waals surface area (Å²) in [6, 6.07) is 2.75. The van der Waals surface area contributed by atoms with E-state index in [0.717, 1.165) is 11.3 Å². The Kier molecular flexibility index (Phi) is 2.89. The number of carbonyl (C=O) groups excluding carboxylic acids is 1. The lowest BCUT2D eigenvalue weighted by molar-refractivity contribution is 0.0607. The van der Waals surface area contributed by atoms with Crippen molar-refractivity contribution in [1.82, 2.24) is 0 Å². The number of halogens is 1. The average Bonchev–Trinajstić information content (AvgIpc) is 2.69. The summed E-state index contributed by atoms with van der Waals surface area (Å²) >= 11 is 0.958. The van der Waals surface area contributed by atoms with Gasteiger partial charge < -0.3 is 15.2 Å². The first kappa shape index (κ1) is 11.7. The van der Waals surface area contributed by atoms with Crippen LogP contribution >= 0.6 is 11.3 Å². The lowest BCUT2D eigenvalue weighted by Gasteiger charge is -2.03. The Morgan fingerprint density at radius 3 is 2.71 bits per heavy atom. The number of carbonyl (C=O) groups is 1. The number of ether oxygens (including phenoxy) is 2. The van der Waals surface area contributed by atoms with Crippen LogP contribution in [0.15, 0.2) is 12.1 Å². The topological polar surface area (TPSA) is 61.5 Å². The Labute approximate surface area is 101 Å². The molecule has 6 heteroatoms. The molecule has 0 bridgehead atoms. The van der Waals surface area contributed by atoms with E-state index in [1.807, 2.05) is 0 Å². The summed E-state index contributed by atoms with van der Waals surface area (Å²) in [6.45, 7) is 0. The van der Waals surface area contributed by atoms with E-state index in [1.165, 1.54) is 26.4 Å². The summed E-state index contributed by atoms with van der Waals surface area (Å²) < 4.78 is 23.6. The molecule has 0 aliphatic rings. The van der Waals surface area contributed by atoms with Gasteiger partial charge in [0.15, 0.2) is 0 Å². The average molecular weight is 255 g/mol. The molecule has 1 aromatic carbocycles. The van der Waals surface area contributed by atoms with Gasteiger partial charge in [-0.3, -0.25) is 0 Å². The molecule has 0 aliphatic heterocycles. The van der Waals surface area contributed by atoms with Crippen LogP contribution in [0.3, 0.4) is 0 Å². The largest absolute Gasteiger partial charge is 0.496 e. The molecule has 2 N–H and O–H groups in total. The SMILES string of the molecule is COC(=O)c1sc2c(F)ccc(OC)c2c1N. The van der Waals surface area contributed by atoms with Gasteiger partial charge in [0.05, 0.1) is 30.0 Å². The van der Waals surface area contributed by atoms with Gasteiger partial charge in [-0.2, -0.15) is 0 Å². The molecule has 4 nitrogen and oxygen atoms in total. The minimum Gasteiger partial charge on any atom is -0.496 e. The molecule has 0 saturated heterocycles. The van der Waals surface area contributed by atoms with E-state index >= 15 is 0 Å². The number of anilines is 1. The summed E-state index contributed by atoms with van der Waals surface area (Å²) in [5, 5.41) is 0.415. The standard InChI is InChI=1S/C11H10FNO3S/c1-15-6-4-3-5(12)9-7(6)8(13)10(17-9)11(14)16-2/h3-4H,13H2,1-2H3. The molecule has 0 amide bonds. The van der Waals surface area contributed by atoms with Gasteiger partial charge in [-0.05, 0) is 12.1 Å². The molecule has 1 heterocycles. The molecule has 0 aliphatic carbocycles. The van der Waals surface area contributed by atoms with Crippen molar-refractivity contribution in [3.05, 3.63) is 22.8 Å². The molecular formula is C11H10FNO3S. The third kappa shape index (κ3) is 1.70. The maximum atomic E-state index is 13.6. The fourth-order valence-electron chi connectivity index (χ4n) is 1.58. The number of esters is 1. The van der Waals surface area contributed by atoms with Gasteiger partial charge in [0.2, 0.25) is 0 Å². The Balaban J connectivity index is 2.81. The van der Waals surface area contributed by atoms with Gasteiger partial charge in [0.25, 0.3) is 0 Å². The van der Waals surface area contributed by atoms with Gasteiger partial charge >= 0.3 is 5.97 Å². The van der Waals surface area contributed by atoms with E-state index in [2.05, 4.69) is 4.74 Å². The maximum Gasteiger partial charge on any atom is 0.350 e. The molecule has 0 unspecified atom stereocenters. The number of hydrogen-bond acceptors (Lipinski definition) is 5. The number of fused-ring (bicyclic) bond motifs is 1. The summed E-state index contributed by atoms with van der Waals surface area (Å²) in [6.07, 6.45) is 0. The molecule has 0 fully saturated rings. The van der Waals surface area contributed by atoms with E-state index in [1.54, 1.807) is 0 Å². The second-order valence-corrected chi connectivity index (χ2v) is 4.31. The highest BCUT2D eigenvalue weighted by atomic mass is 32.1. The first-order valence-electron chi connectivity index (χ1n) is 4.73. The van der Waals surface area contributed by atoms with Crippen molar-refractivity contribution in [1.29, 1.82) is 0 Å². The Morgan fingerprint density at radius 1 is 1.41 bits per heavy atom. The van der Waals surface area contributed by atoms with Crippen LogP contribution < -0.4 is 10.5 Å². The normalized spacial score (nSPS) is 10.5. The zero-order valence-corrected chi connectivity index (χ0v) is 10.1. The highest BCUT2D eigenvalue weighted by Crippen LogP contribution is 2.41. The molecule has 2 aromatic rings. The van der Waals surface area contributed by atoms with E-state index in [0.29, 0.717) is 15.8 Å². The molecule has 17 heavy (non-hydrogen) atoms. The molecule has 90 valence electrons. The quantitative estimate of drug-likeness (QED) is 0.837. The number of nitrogens with two attached hydrogens (primary N) is 1. The summed E-state index contributed by atoms with van der Waals surface area (Å²) in [5.74, 6) is -0.580. The second-order valence-electron chi connectivity index (χ2n) is 3.29. The zero-order chi connectivity index (χ0) is 12.6. The van der Waals surface area contributed by atoms with Crippen molar-refractivity contribution in [3.63, 3.8) is 0 Å². The lowest BCUT2D eigenvalue weighted by atomic mass is 10.2. The Hall–Kier alpha value is -1.82. The van der Waals surface area contributed by atoms with Crippen molar-refractivity contribution in [2.24, 2.45) is 0 Å². The van der Waals surface area contributed by atoms with Crippen LogP contribution in [0.2, 0.25) is 0 Å². The van der Waals surface area contributed by atoms with Gasteiger partial charge in [-0.25, -0.2) is 9.18 Å². The highest BCUT2D eigenvalue weighted by Gasteiger charge is 2.21. The van der Waals surface area contributed by atoms with Crippen molar-refractivity contribution < 1.29 is 18.7 Å². The first-order valence-corrected chi connectivity index (χ1v) is 5.54. The van der Waals surface area contributed by atoms with Gasteiger partial charge in [-0.15, -0.1) is 11.3 Å². The summed E-state index contributed by atoms with van der Waals surface area (Å²) in [7, 11) is 2.71. The minimum atomic E-state index is -0.579. The van der Waals surface area contributed by atoms with Crippen molar-refractivity contribution >= 4 is 33.1 Å². The monoisotopic (exact) mass is 255 g/mol. The fraction of sp³-hybridized carbons (Fsp3) is 0.182.